The predicted octanol–water partition coefficient (Wildman–Crippen LogP) is -0.143. The standard InChI is InChI=1S/C4H8O2S7/c1-12(10-8)4(5)3-6-13(2)11-9-7/h3H2,1-2H3. The third kappa shape index (κ3) is 7.37. The van der Waals surface area contributed by atoms with Crippen molar-refractivity contribution in [1.82, 2.24) is 0 Å². The van der Waals surface area contributed by atoms with Gasteiger partial charge in [-0.15, -0.1) is 0 Å². The van der Waals surface area contributed by atoms with Crippen LogP contribution in [0.5, 0.6) is 0 Å². The van der Waals surface area contributed by atoms with Gasteiger partial charge in [-0.3, -0.25) is 4.79 Å². The van der Waals surface area contributed by atoms with Crippen molar-refractivity contribution in [3.63, 3.8) is 0 Å². The summed E-state index contributed by atoms with van der Waals surface area (Å²) in [5.74, 6) is 0. The van der Waals surface area contributed by atoms with Crippen LogP contribution in [-0.2, 0) is 77.2 Å². The fourth-order valence-electron chi connectivity index (χ4n) is 0.311. The summed E-state index contributed by atoms with van der Waals surface area (Å²) in [6.45, 7) is 0.145. The average Bonchev–Trinajstić information content (AvgIpc) is 2.13. The number of rotatable bonds is 3. The van der Waals surface area contributed by atoms with Crippen molar-refractivity contribution in [1.29, 1.82) is 0 Å². The zero-order valence-corrected chi connectivity index (χ0v) is 12.6. The molecule has 0 aromatic rings. The second kappa shape index (κ2) is 8.72. The molecule has 78 valence electrons. The van der Waals surface area contributed by atoms with Crippen molar-refractivity contribution in [2.75, 3.05) is 19.1 Å². The van der Waals surface area contributed by atoms with Gasteiger partial charge < -0.3 is 4.18 Å². The van der Waals surface area contributed by atoms with Crippen molar-refractivity contribution in [3.8, 4) is 0 Å². The van der Waals surface area contributed by atoms with Crippen LogP contribution >= 0.6 is 0 Å². The Morgan fingerprint density at radius 2 is 2.08 bits per heavy atom. The predicted molar refractivity (Wildman–Crippen MR) is 74.4 cm³/mol. The maximum absolute atomic E-state index is 11.2. The van der Waals surface area contributed by atoms with E-state index in [-0.39, 0.29) is 21.5 Å². The molecule has 0 heterocycles. The van der Waals surface area contributed by atoms with Crippen LogP contribution in [0, 0.1) is 0 Å². The quantitative estimate of drug-likeness (QED) is 0.724. The van der Waals surface area contributed by atoms with E-state index in [0.29, 0.717) is 0 Å². The summed E-state index contributed by atoms with van der Waals surface area (Å²) in [5.41, 5.74) is 0. The van der Waals surface area contributed by atoms with Gasteiger partial charge in [-0.05, 0) is 55.3 Å². The average molecular weight is 313 g/mol. The summed E-state index contributed by atoms with van der Waals surface area (Å²) in [7, 11) is 3.12. The Hall–Kier alpha value is 1.43. The monoisotopic (exact) mass is 312 g/mol. The summed E-state index contributed by atoms with van der Waals surface area (Å²) in [6.07, 6.45) is 3.71. The SMILES string of the molecule is CS(OCC(=O)S(C)=S=S)=S=S=S. The van der Waals surface area contributed by atoms with Crippen molar-refractivity contribution < 1.29 is 8.98 Å². The van der Waals surface area contributed by atoms with E-state index < -0.39 is 9.45 Å². The van der Waals surface area contributed by atoms with E-state index in [2.05, 4.69) is 11.2 Å². The Balaban J connectivity index is 4.21. The zero-order valence-electron chi connectivity index (χ0n) is 6.88. The smallest absolute Gasteiger partial charge is 0.219 e. The molecule has 9 heteroatoms. The Morgan fingerprint density at radius 3 is 2.54 bits per heavy atom. The van der Waals surface area contributed by atoms with Gasteiger partial charge >= 0.3 is 0 Å². The molecule has 0 aromatic heterocycles. The van der Waals surface area contributed by atoms with Gasteiger partial charge in [0.25, 0.3) is 0 Å². The molecule has 0 saturated heterocycles. The highest BCUT2D eigenvalue weighted by Crippen LogP contribution is 1.87. The summed E-state index contributed by atoms with van der Waals surface area (Å²) in [6, 6.07) is 0. The molecule has 0 amide bonds. The van der Waals surface area contributed by atoms with E-state index in [0.717, 1.165) is 8.88 Å². The maximum Gasteiger partial charge on any atom is 0.219 e. The third-order valence-corrected chi connectivity index (χ3v) is 10.3. The van der Waals surface area contributed by atoms with Crippen molar-refractivity contribution in [2.45, 2.75) is 0 Å². The molecule has 0 saturated carbocycles. The van der Waals surface area contributed by atoms with Crippen LogP contribution in [0.4, 0.5) is 0 Å². The van der Waals surface area contributed by atoms with Crippen molar-refractivity contribution in [2.24, 2.45) is 0 Å². The highest BCUT2D eigenvalue weighted by atomic mass is 33.2. The third-order valence-electron chi connectivity index (χ3n) is 0.889. The Morgan fingerprint density at radius 1 is 1.46 bits per heavy atom. The van der Waals surface area contributed by atoms with Gasteiger partial charge in [0.2, 0.25) is 5.12 Å². The molecule has 0 spiro atoms. The zero-order chi connectivity index (χ0) is 10.3. The summed E-state index contributed by atoms with van der Waals surface area (Å²) >= 11 is 9.40. The van der Waals surface area contributed by atoms with Gasteiger partial charge in [-0.1, -0.05) is 9.45 Å². The van der Waals surface area contributed by atoms with E-state index in [9.17, 15) is 4.79 Å². The number of hydrogen-bond acceptors (Lipinski definition) is 4. The van der Waals surface area contributed by atoms with E-state index >= 15 is 0 Å². The molecule has 0 rings (SSSR count). The molecule has 0 bridgehead atoms. The fourth-order valence-corrected chi connectivity index (χ4v) is 5.80. The normalized spacial score (nSPS) is 14.3. The molecule has 0 aromatic carbocycles. The first-order valence-electron chi connectivity index (χ1n) is 2.87. The lowest BCUT2D eigenvalue weighted by Gasteiger charge is -1.99. The minimum atomic E-state index is -0.412. The van der Waals surface area contributed by atoms with Crippen molar-refractivity contribution >= 4 is 73.3 Å². The van der Waals surface area contributed by atoms with Gasteiger partial charge in [0, 0.05) is 16.0 Å². The number of carbonyl (C=O) groups is 1. The summed E-state index contributed by atoms with van der Waals surface area (Å²) < 4.78 is 5.27. The molecule has 2 atom stereocenters. The van der Waals surface area contributed by atoms with Crippen LogP contribution in [0.1, 0.15) is 0 Å². The molecule has 2 nitrogen and oxygen atoms in total. The maximum atomic E-state index is 11.2. The molecule has 0 N–H and O–H groups in total. The lowest BCUT2D eigenvalue weighted by Crippen LogP contribution is -2.13. The first-order valence-corrected chi connectivity index (χ1v) is 11.9. The van der Waals surface area contributed by atoms with Crippen LogP contribution in [0.3, 0.4) is 0 Å². The molecule has 13 heavy (non-hydrogen) atoms. The van der Waals surface area contributed by atoms with E-state index in [1.807, 2.05) is 12.5 Å². The van der Waals surface area contributed by atoms with Crippen LogP contribution in [0.2, 0.25) is 0 Å². The van der Waals surface area contributed by atoms with Crippen LogP contribution in [0.15, 0.2) is 0 Å². The second-order valence-electron chi connectivity index (χ2n) is 1.69. The Bertz CT molecular complexity index is 342. The molecular weight excluding hydrogens is 305 g/mol. The van der Waals surface area contributed by atoms with E-state index in [1.54, 1.807) is 0 Å². The van der Waals surface area contributed by atoms with Gasteiger partial charge in [-0.2, -0.15) is 0 Å². The molecule has 2 unspecified atom stereocenters. The number of hydrogen-bond donors (Lipinski definition) is 0. The van der Waals surface area contributed by atoms with Crippen LogP contribution in [0.25, 0.3) is 0 Å². The van der Waals surface area contributed by atoms with Crippen LogP contribution < -0.4 is 0 Å². The van der Waals surface area contributed by atoms with Crippen molar-refractivity contribution in [3.05, 3.63) is 0 Å². The highest BCUT2D eigenvalue weighted by Gasteiger charge is 2.02. The number of carbonyl (C=O) groups excluding carboxylic acids is 1. The molecule has 0 aliphatic heterocycles. The van der Waals surface area contributed by atoms with E-state index in [4.69, 9.17) is 15.4 Å². The molecule has 0 aliphatic carbocycles. The summed E-state index contributed by atoms with van der Waals surface area (Å²) in [4.78, 5) is 11.2. The van der Waals surface area contributed by atoms with Gasteiger partial charge in [0.15, 0.2) is 0 Å². The second-order valence-corrected chi connectivity index (χ2v) is 12.3. The topological polar surface area (TPSA) is 26.3 Å². The molecule has 0 radical (unpaired) electrons. The first kappa shape index (κ1) is 14.4. The van der Waals surface area contributed by atoms with Gasteiger partial charge in [0.1, 0.15) is 6.61 Å². The lowest BCUT2D eigenvalue weighted by molar-refractivity contribution is -0.112. The lowest BCUT2D eigenvalue weighted by atomic mass is 10.8. The highest BCUT2D eigenvalue weighted by molar-refractivity contribution is 8.57. The Kier molecular flexibility index (Phi) is 9.67. The Labute approximate surface area is 100 Å². The van der Waals surface area contributed by atoms with Gasteiger partial charge in [0.05, 0.1) is 0 Å². The summed E-state index contributed by atoms with van der Waals surface area (Å²) in [5, 5.41) is 0.0642. The van der Waals surface area contributed by atoms with Gasteiger partial charge in [-0.25, -0.2) is 0 Å². The minimum Gasteiger partial charge on any atom is -0.304 e. The molecule has 0 aliphatic rings. The largest absolute Gasteiger partial charge is 0.304 e. The molecule has 0 fully saturated rings. The van der Waals surface area contributed by atoms with E-state index in [1.165, 1.54) is 17.8 Å². The molecular formula is C4H8O2S7. The fraction of sp³-hybridized carbons (Fsp3) is 0.750. The minimum absolute atomic E-state index is 0.0642. The van der Waals surface area contributed by atoms with Crippen LogP contribution in [-0.4, -0.2) is 24.2 Å². The first-order chi connectivity index (χ1) is 6.11.